The van der Waals surface area contributed by atoms with E-state index in [0.717, 1.165) is 41.9 Å². The summed E-state index contributed by atoms with van der Waals surface area (Å²) in [5.74, 6) is 1.67. The van der Waals surface area contributed by atoms with Crippen LogP contribution in [0.5, 0.6) is 11.5 Å². The lowest BCUT2D eigenvalue weighted by molar-refractivity contribution is 0.170. The highest BCUT2D eigenvalue weighted by Crippen LogP contribution is 2.20. The van der Waals surface area contributed by atoms with Gasteiger partial charge in [0.15, 0.2) is 0 Å². The zero-order valence-electron chi connectivity index (χ0n) is 26.4. The van der Waals surface area contributed by atoms with E-state index in [-0.39, 0.29) is 24.5 Å². The second-order valence-corrected chi connectivity index (χ2v) is 12.4. The molecule has 4 aromatic rings. The van der Waals surface area contributed by atoms with E-state index in [9.17, 15) is 10.2 Å². The van der Waals surface area contributed by atoms with Crippen LogP contribution >= 0.6 is 35.6 Å². The molecule has 4 atom stereocenters. The number of aliphatic hydroxyl groups is 2. The summed E-state index contributed by atoms with van der Waals surface area (Å²) in [5, 5.41) is 28.9. The summed E-state index contributed by atoms with van der Waals surface area (Å²) in [5.41, 5.74) is 4.02. The molecule has 0 aliphatic carbocycles. The number of aliphatic hydroxyl groups excluding tert-OH is 2. The number of rotatable bonds is 18. The molecule has 0 saturated heterocycles. The second kappa shape index (κ2) is 19.8. The number of hydrogen-bond donors (Lipinski definition) is 4. The molecule has 0 fully saturated rings. The smallest absolute Gasteiger partial charge is 0.119 e. The van der Waals surface area contributed by atoms with E-state index in [1.165, 1.54) is 11.1 Å². The van der Waals surface area contributed by atoms with Gasteiger partial charge in [0.1, 0.15) is 11.5 Å². The molecule has 0 aliphatic rings. The average molecular weight is 688 g/mol. The molecule has 248 valence electrons. The number of hydrogen-bond acceptors (Lipinski definition) is 6. The highest BCUT2D eigenvalue weighted by atomic mass is 35.5. The molecular weight excluding hydrogens is 643 g/mol. The third-order valence-electron chi connectivity index (χ3n) is 7.54. The molecule has 0 heterocycles. The first-order valence-electron chi connectivity index (χ1n) is 15.5. The second-order valence-electron chi connectivity index (χ2n) is 11.5. The summed E-state index contributed by atoms with van der Waals surface area (Å²) in [6.45, 7) is 6.28. The van der Waals surface area contributed by atoms with Crippen LogP contribution in [0.25, 0.3) is 0 Å². The number of nitrogens with one attached hydrogen (secondary N) is 2. The van der Waals surface area contributed by atoms with Crippen molar-refractivity contribution in [1.82, 2.24) is 10.6 Å². The van der Waals surface area contributed by atoms with Gasteiger partial charge in [-0.1, -0.05) is 71.7 Å². The quantitative estimate of drug-likeness (QED) is 0.0801. The van der Waals surface area contributed by atoms with Gasteiger partial charge in [-0.05, 0) is 97.5 Å². The average Bonchev–Trinajstić information content (AvgIpc) is 3.04. The molecule has 6 nitrogen and oxygen atoms in total. The van der Waals surface area contributed by atoms with Crippen LogP contribution in [0.15, 0.2) is 97.1 Å². The first kappa shape index (κ1) is 37.6. The van der Waals surface area contributed by atoms with Crippen molar-refractivity contribution in [1.29, 1.82) is 0 Å². The van der Waals surface area contributed by atoms with Crippen molar-refractivity contribution in [3.8, 4) is 11.5 Å². The first-order valence-corrected chi connectivity index (χ1v) is 16.3. The molecule has 0 spiro atoms. The molecular formula is C37H45Cl3N2O4. The van der Waals surface area contributed by atoms with Crippen molar-refractivity contribution in [2.75, 3.05) is 26.3 Å². The molecule has 4 aromatic carbocycles. The number of ether oxygens (including phenoxy) is 2. The topological polar surface area (TPSA) is 83.0 Å². The fourth-order valence-corrected chi connectivity index (χ4v) is 5.42. The minimum Gasteiger partial charge on any atom is -0.493 e. The highest BCUT2D eigenvalue weighted by molar-refractivity contribution is 6.30. The Labute approximate surface area is 289 Å². The van der Waals surface area contributed by atoms with Gasteiger partial charge in [-0.25, -0.2) is 0 Å². The number of benzene rings is 4. The molecule has 0 saturated carbocycles. The molecule has 0 unspecified atom stereocenters. The van der Waals surface area contributed by atoms with Crippen molar-refractivity contribution in [3.63, 3.8) is 0 Å². The fourth-order valence-electron chi connectivity index (χ4n) is 5.02. The van der Waals surface area contributed by atoms with Crippen LogP contribution in [-0.2, 0) is 12.8 Å². The van der Waals surface area contributed by atoms with Crippen molar-refractivity contribution in [2.24, 2.45) is 0 Å². The highest BCUT2D eigenvalue weighted by Gasteiger charge is 2.12. The zero-order chi connectivity index (χ0) is 32.0. The van der Waals surface area contributed by atoms with Crippen LogP contribution in [-0.4, -0.2) is 48.6 Å². The largest absolute Gasteiger partial charge is 0.493 e. The van der Waals surface area contributed by atoms with Crippen molar-refractivity contribution in [2.45, 2.75) is 57.4 Å². The third kappa shape index (κ3) is 13.1. The number of halogens is 3. The summed E-state index contributed by atoms with van der Waals surface area (Å²) >= 11 is 12.1. The summed E-state index contributed by atoms with van der Waals surface area (Å²) < 4.78 is 11.8. The lowest BCUT2D eigenvalue weighted by atomic mass is 10.1. The van der Waals surface area contributed by atoms with Crippen LogP contribution in [0.1, 0.15) is 54.7 Å². The van der Waals surface area contributed by atoms with Crippen LogP contribution < -0.4 is 20.1 Å². The molecule has 0 aliphatic heterocycles. The Kier molecular flexibility index (Phi) is 16.2. The fraction of sp³-hybridized carbons (Fsp3) is 0.351. The van der Waals surface area contributed by atoms with E-state index in [2.05, 4.69) is 48.7 Å². The van der Waals surface area contributed by atoms with Gasteiger partial charge in [0.25, 0.3) is 0 Å². The summed E-state index contributed by atoms with van der Waals surface area (Å²) in [7, 11) is 0. The molecule has 0 bridgehead atoms. The van der Waals surface area contributed by atoms with E-state index in [4.69, 9.17) is 32.7 Å². The van der Waals surface area contributed by atoms with E-state index < -0.39 is 12.2 Å². The Morgan fingerprint density at radius 3 is 1.37 bits per heavy atom. The Bertz CT molecular complexity index is 1330. The lowest BCUT2D eigenvalue weighted by Gasteiger charge is -2.18. The van der Waals surface area contributed by atoms with Crippen molar-refractivity contribution in [3.05, 3.63) is 129 Å². The maximum atomic E-state index is 10.4. The van der Waals surface area contributed by atoms with Crippen LogP contribution in [0.3, 0.4) is 0 Å². The summed E-state index contributed by atoms with van der Waals surface area (Å²) in [4.78, 5) is 0. The maximum Gasteiger partial charge on any atom is 0.119 e. The molecule has 0 amide bonds. The van der Waals surface area contributed by atoms with Gasteiger partial charge in [-0.2, -0.15) is 0 Å². The molecule has 46 heavy (non-hydrogen) atoms. The first-order chi connectivity index (χ1) is 21.7. The third-order valence-corrected chi connectivity index (χ3v) is 8.01. The van der Waals surface area contributed by atoms with E-state index >= 15 is 0 Å². The van der Waals surface area contributed by atoms with Gasteiger partial charge >= 0.3 is 0 Å². The molecule has 0 radical (unpaired) electrons. The van der Waals surface area contributed by atoms with E-state index in [1.807, 2.05) is 48.5 Å². The van der Waals surface area contributed by atoms with Gasteiger partial charge in [-0.3, -0.25) is 0 Å². The lowest BCUT2D eigenvalue weighted by Crippen LogP contribution is -2.32. The normalized spacial score (nSPS) is 13.7. The van der Waals surface area contributed by atoms with Crippen molar-refractivity contribution < 1.29 is 19.7 Å². The monoisotopic (exact) mass is 686 g/mol. The minimum atomic E-state index is -0.602. The van der Waals surface area contributed by atoms with Crippen molar-refractivity contribution >= 4 is 35.6 Å². The Morgan fingerprint density at radius 2 is 1.00 bits per heavy atom. The molecule has 4 rings (SSSR count). The maximum absolute atomic E-state index is 10.4. The Balaban J connectivity index is 0.00000576. The van der Waals surface area contributed by atoms with Crippen LogP contribution in [0.2, 0.25) is 10.0 Å². The standard InChI is InChI=1S/C37H44Cl2N2O4.ClH/c1-26(40-24-36(42)30-6-3-8-32(38)22-30)20-28-10-14-34(15-11-28)44-18-5-19-45-35-16-12-29(13-17-35)21-27(2)41-25-37(43)31-7-4-9-33(39)23-31;/h3-4,6-17,22-23,26-27,36-37,40-43H,5,18-21,24-25H2,1-2H3;1H/t26-,27-,36+,37+;/m1./s1. The summed E-state index contributed by atoms with van der Waals surface area (Å²) in [6, 6.07) is 31.4. The SMILES string of the molecule is C[C@H](Cc1ccc(OCCCOc2ccc(C[C@@H](C)NC[C@H](O)c3cccc(Cl)c3)cc2)cc1)NC[C@H](O)c1cccc(Cl)c1.Cl. The zero-order valence-corrected chi connectivity index (χ0v) is 28.7. The van der Waals surface area contributed by atoms with Gasteiger partial charge < -0.3 is 30.3 Å². The van der Waals surface area contributed by atoms with Crippen LogP contribution in [0, 0.1) is 0 Å². The molecule has 0 aromatic heterocycles. The van der Waals surface area contributed by atoms with Crippen LogP contribution in [0.4, 0.5) is 0 Å². The van der Waals surface area contributed by atoms with E-state index in [0.29, 0.717) is 36.3 Å². The van der Waals surface area contributed by atoms with Gasteiger partial charge in [0.05, 0.1) is 25.4 Å². The summed E-state index contributed by atoms with van der Waals surface area (Å²) in [6.07, 6.45) is 1.26. The minimum absolute atomic E-state index is 0. The molecule has 9 heteroatoms. The predicted molar refractivity (Wildman–Crippen MR) is 191 cm³/mol. The Morgan fingerprint density at radius 1 is 0.609 bits per heavy atom. The van der Waals surface area contributed by atoms with Gasteiger partial charge in [-0.15, -0.1) is 12.4 Å². The molecule has 4 N–H and O–H groups in total. The Hall–Kier alpha value is -2.81. The predicted octanol–water partition coefficient (Wildman–Crippen LogP) is 7.77. The van der Waals surface area contributed by atoms with Gasteiger partial charge in [0.2, 0.25) is 0 Å². The van der Waals surface area contributed by atoms with E-state index in [1.54, 1.807) is 24.3 Å². The van der Waals surface area contributed by atoms with Gasteiger partial charge in [0, 0.05) is 41.6 Å².